The lowest BCUT2D eigenvalue weighted by molar-refractivity contribution is 0.0386. The average molecular weight is 304 g/mol. The highest BCUT2D eigenvalue weighted by Crippen LogP contribution is 2.18. The summed E-state index contributed by atoms with van der Waals surface area (Å²) in [7, 11) is 0. The van der Waals surface area contributed by atoms with Crippen molar-refractivity contribution in [3.8, 4) is 0 Å². The molecule has 0 saturated carbocycles. The van der Waals surface area contributed by atoms with Crippen LogP contribution >= 0.6 is 0 Å². The monoisotopic (exact) mass is 304 g/mol. The molecule has 0 aliphatic rings. The normalized spacial score (nSPS) is 11.6. The Labute approximate surface area is 130 Å². The van der Waals surface area contributed by atoms with Crippen molar-refractivity contribution in [1.29, 1.82) is 0 Å². The van der Waals surface area contributed by atoms with E-state index in [1.165, 1.54) is 12.1 Å². The predicted molar refractivity (Wildman–Crippen MR) is 85.1 cm³/mol. The SMILES string of the molecule is CC(C)(CF)COCc1cccc(Cc2ccc(F)cc2)c1. The molecule has 0 aromatic heterocycles. The highest BCUT2D eigenvalue weighted by molar-refractivity contribution is 5.29. The minimum Gasteiger partial charge on any atom is -0.376 e. The van der Waals surface area contributed by atoms with E-state index < -0.39 is 12.1 Å². The maximum Gasteiger partial charge on any atom is 0.123 e. The van der Waals surface area contributed by atoms with Gasteiger partial charge in [-0.3, -0.25) is 4.39 Å². The van der Waals surface area contributed by atoms with E-state index in [2.05, 4.69) is 6.07 Å². The average Bonchev–Trinajstić information content (AvgIpc) is 2.50. The minimum atomic E-state index is -0.439. The number of alkyl halides is 1. The van der Waals surface area contributed by atoms with Gasteiger partial charge in [-0.15, -0.1) is 0 Å². The van der Waals surface area contributed by atoms with Crippen molar-refractivity contribution in [1.82, 2.24) is 0 Å². The minimum absolute atomic E-state index is 0.221. The van der Waals surface area contributed by atoms with Crippen LogP contribution < -0.4 is 0 Å². The van der Waals surface area contributed by atoms with Crippen LogP contribution in [0.5, 0.6) is 0 Å². The van der Waals surface area contributed by atoms with E-state index in [-0.39, 0.29) is 5.82 Å². The third kappa shape index (κ3) is 5.23. The molecule has 22 heavy (non-hydrogen) atoms. The number of hydrogen-bond acceptors (Lipinski definition) is 1. The lowest BCUT2D eigenvalue weighted by Gasteiger charge is -2.20. The molecule has 0 atom stereocenters. The van der Waals surface area contributed by atoms with Crippen molar-refractivity contribution in [2.45, 2.75) is 26.9 Å². The third-order valence-electron chi connectivity index (χ3n) is 3.44. The summed E-state index contributed by atoms with van der Waals surface area (Å²) < 4.78 is 31.2. The second-order valence-electron chi connectivity index (χ2n) is 6.41. The fraction of sp³-hybridized carbons (Fsp3) is 0.368. The maximum absolute atomic E-state index is 12.9. The molecule has 2 rings (SSSR count). The molecule has 0 fully saturated rings. The smallest absolute Gasteiger partial charge is 0.123 e. The van der Waals surface area contributed by atoms with Crippen LogP contribution in [0.15, 0.2) is 48.5 Å². The summed E-state index contributed by atoms with van der Waals surface area (Å²) in [6, 6.07) is 14.6. The second-order valence-corrected chi connectivity index (χ2v) is 6.41. The van der Waals surface area contributed by atoms with Crippen molar-refractivity contribution in [3.63, 3.8) is 0 Å². The van der Waals surface area contributed by atoms with E-state index in [4.69, 9.17) is 4.74 Å². The quantitative estimate of drug-likeness (QED) is 0.705. The summed E-state index contributed by atoms with van der Waals surface area (Å²) in [5.41, 5.74) is 2.84. The molecular weight excluding hydrogens is 282 g/mol. The predicted octanol–water partition coefficient (Wildman–Crippen LogP) is 4.93. The Morgan fingerprint density at radius 3 is 2.32 bits per heavy atom. The maximum atomic E-state index is 12.9. The van der Waals surface area contributed by atoms with Crippen LogP contribution in [-0.4, -0.2) is 13.3 Å². The van der Waals surface area contributed by atoms with Gasteiger partial charge in [-0.25, -0.2) is 4.39 Å². The molecule has 0 bridgehead atoms. The summed E-state index contributed by atoms with van der Waals surface area (Å²) in [6.45, 7) is 4.17. The first kappa shape index (κ1) is 16.6. The van der Waals surface area contributed by atoms with Gasteiger partial charge in [0.05, 0.1) is 19.9 Å². The molecule has 2 aromatic rings. The molecule has 0 N–H and O–H groups in total. The first-order valence-corrected chi connectivity index (χ1v) is 7.44. The summed E-state index contributed by atoms with van der Waals surface area (Å²) in [5, 5.41) is 0. The van der Waals surface area contributed by atoms with Crippen LogP contribution in [0.3, 0.4) is 0 Å². The van der Waals surface area contributed by atoms with E-state index in [0.29, 0.717) is 13.2 Å². The number of halogens is 2. The summed E-state index contributed by atoms with van der Waals surface area (Å²) in [4.78, 5) is 0. The molecule has 0 radical (unpaired) electrons. The molecule has 0 saturated heterocycles. The largest absolute Gasteiger partial charge is 0.376 e. The summed E-state index contributed by atoms with van der Waals surface area (Å²) >= 11 is 0. The van der Waals surface area contributed by atoms with Gasteiger partial charge in [-0.1, -0.05) is 50.2 Å². The second kappa shape index (κ2) is 7.50. The van der Waals surface area contributed by atoms with E-state index in [1.54, 1.807) is 12.1 Å². The molecule has 0 aliphatic carbocycles. The Bertz CT molecular complexity index is 591. The van der Waals surface area contributed by atoms with E-state index in [9.17, 15) is 8.78 Å². The van der Waals surface area contributed by atoms with Crippen molar-refractivity contribution in [2.24, 2.45) is 5.41 Å². The Hall–Kier alpha value is -1.74. The van der Waals surface area contributed by atoms with Crippen molar-refractivity contribution < 1.29 is 13.5 Å². The molecule has 0 amide bonds. The van der Waals surface area contributed by atoms with E-state index in [0.717, 1.165) is 23.1 Å². The molecule has 1 nitrogen and oxygen atoms in total. The Balaban J connectivity index is 1.93. The van der Waals surface area contributed by atoms with Crippen LogP contribution in [-0.2, 0) is 17.8 Å². The van der Waals surface area contributed by atoms with E-state index in [1.807, 2.05) is 32.0 Å². The Kier molecular flexibility index (Phi) is 5.67. The van der Waals surface area contributed by atoms with Gasteiger partial charge in [-0.2, -0.15) is 0 Å². The van der Waals surface area contributed by atoms with Gasteiger partial charge in [0.15, 0.2) is 0 Å². The molecule has 2 aromatic carbocycles. The van der Waals surface area contributed by atoms with Crippen LogP contribution in [0.1, 0.15) is 30.5 Å². The van der Waals surface area contributed by atoms with E-state index >= 15 is 0 Å². The lowest BCUT2D eigenvalue weighted by Crippen LogP contribution is -2.21. The molecule has 0 unspecified atom stereocenters. The molecular formula is C19H22F2O. The van der Waals surface area contributed by atoms with Gasteiger partial charge in [0.2, 0.25) is 0 Å². The van der Waals surface area contributed by atoms with Crippen molar-refractivity contribution in [2.75, 3.05) is 13.3 Å². The van der Waals surface area contributed by atoms with Gasteiger partial charge in [0, 0.05) is 5.41 Å². The fourth-order valence-electron chi connectivity index (χ4n) is 2.15. The summed E-state index contributed by atoms with van der Waals surface area (Å²) in [5.74, 6) is -0.221. The highest BCUT2D eigenvalue weighted by atomic mass is 19.1. The number of benzene rings is 2. The van der Waals surface area contributed by atoms with Gasteiger partial charge in [0.1, 0.15) is 5.82 Å². The fourth-order valence-corrected chi connectivity index (χ4v) is 2.15. The first-order chi connectivity index (χ1) is 10.5. The summed E-state index contributed by atoms with van der Waals surface area (Å²) in [6.07, 6.45) is 0.754. The van der Waals surface area contributed by atoms with Crippen LogP contribution in [0.25, 0.3) is 0 Å². The van der Waals surface area contributed by atoms with Gasteiger partial charge in [-0.05, 0) is 35.2 Å². The first-order valence-electron chi connectivity index (χ1n) is 7.44. The standard InChI is InChI=1S/C19H22F2O/c1-19(2,13-20)14-22-12-17-5-3-4-16(11-17)10-15-6-8-18(21)9-7-15/h3-9,11H,10,12-14H2,1-2H3. The Morgan fingerprint density at radius 2 is 1.64 bits per heavy atom. The van der Waals surface area contributed by atoms with Gasteiger partial charge < -0.3 is 4.74 Å². The highest BCUT2D eigenvalue weighted by Gasteiger charge is 2.17. The molecule has 0 heterocycles. The molecule has 0 aliphatic heterocycles. The molecule has 3 heteroatoms. The topological polar surface area (TPSA) is 9.23 Å². The zero-order chi connectivity index (χ0) is 16.0. The lowest BCUT2D eigenvalue weighted by atomic mass is 9.97. The van der Waals surface area contributed by atoms with Crippen LogP contribution in [0.2, 0.25) is 0 Å². The number of rotatable bonds is 7. The van der Waals surface area contributed by atoms with Gasteiger partial charge in [0.25, 0.3) is 0 Å². The number of hydrogen-bond donors (Lipinski definition) is 0. The zero-order valence-electron chi connectivity index (χ0n) is 13.1. The van der Waals surface area contributed by atoms with Gasteiger partial charge >= 0.3 is 0 Å². The van der Waals surface area contributed by atoms with Crippen molar-refractivity contribution in [3.05, 3.63) is 71.0 Å². The molecule has 118 valence electrons. The van der Waals surface area contributed by atoms with Crippen molar-refractivity contribution >= 4 is 0 Å². The third-order valence-corrected chi connectivity index (χ3v) is 3.44. The molecule has 0 spiro atoms. The van der Waals surface area contributed by atoms with Crippen LogP contribution in [0.4, 0.5) is 8.78 Å². The van der Waals surface area contributed by atoms with Crippen LogP contribution in [0, 0.1) is 11.2 Å². The number of ether oxygens (including phenoxy) is 1. The Morgan fingerprint density at radius 1 is 0.955 bits per heavy atom. The zero-order valence-corrected chi connectivity index (χ0v) is 13.1.